The lowest BCUT2D eigenvalue weighted by molar-refractivity contribution is 0.232. The van der Waals surface area contributed by atoms with Gasteiger partial charge in [0.2, 0.25) is 0 Å². The van der Waals surface area contributed by atoms with Crippen molar-refractivity contribution in [3.63, 3.8) is 0 Å². The third-order valence-corrected chi connectivity index (χ3v) is 3.70. The smallest absolute Gasteiger partial charge is 0.122 e. The number of nitrogens with zero attached hydrogens (tertiary/aromatic N) is 1. The lowest BCUT2D eigenvalue weighted by Gasteiger charge is -2.31. The van der Waals surface area contributed by atoms with Gasteiger partial charge in [0.15, 0.2) is 0 Å². The first kappa shape index (κ1) is 13.7. The molecule has 0 radical (unpaired) electrons. The fourth-order valence-electron chi connectivity index (χ4n) is 2.46. The Labute approximate surface area is 114 Å². The highest BCUT2D eigenvalue weighted by Crippen LogP contribution is 2.24. The van der Waals surface area contributed by atoms with Crippen LogP contribution in [0.2, 0.25) is 5.02 Å². The zero-order chi connectivity index (χ0) is 13.0. The molecule has 0 spiro atoms. The lowest BCUT2D eigenvalue weighted by atomic mass is 10.0. The Morgan fingerprint density at radius 2 is 2.33 bits per heavy atom. The molecule has 3 nitrogen and oxygen atoms in total. The van der Waals surface area contributed by atoms with E-state index in [9.17, 15) is 0 Å². The molecule has 0 aliphatic carbocycles. The molecule has 2 rings (SSSR count). The van der Waals surface area contributed by atoms with E-state index in [0.29, 0.717) is 6.04 Å². The zero-order valence-corrected chi connectivity index (χ0v) is 11.8. The van der Waals surface area contributed by atoms with Gasteiger partial charge in [-0.15, -0.1) is 0 Å². The molecular weight excluding hydrogens is 248 g/mol. The van der Waals surface area contributed by atoms with Crippen LogP contribution in [0.3, 0.4) is 0 Å². The molecule has 0 amide bonds. The van der Waals surface area contributed by atoms with Crippen LogP contribution in [0.4, 0.5) is 0 Å². The summed E-state index contributed by atoms with van der Waals surface area (Å²) in [5.74, 6) is 0.934. The first-order chi connectivity index (χ1) is 8.69. The summed E-state index contributed by atoms with van der Waals surface area (Å²) in [6, 6.07) is 6.38. The average Bonchev–Trinajstić information content (AvgIpc) is 2.37. The first-order valence-electron chi connectivity index (χ1n) is 6.43. The van der Waals surface area contributed by atoms with Crippen molar-refractivity contribution in [1.82, 2.24) is 10.2 Å². The summed E-state index contributed by atoms with van der Waals surface area (Å²) >= 11 is 6.04. The Bertz CT molecular complexity index is 397. The molecule has 1 unspecified atom stereocenters. The maximum absolute atomic E-state index is 6.04. The summed E-state index contributed by atoms with van der Waals surface area (Å²) in [5.41, 5.74) is 1.19. The van der Waals surface area contributed by atoms with E-state index >= 15 is 0 Å². The van der Waals surface area contributed by atoms with Gasteiger partial charge < -0.3 is 15.0 Å². The van der Waals surface area contributed by atoms with Gasteiger partial charge in [0.05, 0.1) is 7.11 Å². The highest BCUT2D eigenvalue weighted by molar-refractivity contribution is 6.30. The van der Waals surface area contributed by atoms with Crippen LogP contribution in [0.1, 0.15) is 12.0 Å². The monoisotopic (exact) mass is 268 g/mol. The lowest BCUT2D eigenvalue weighted by Crippen LogP contribution is -2.49. The number of hydrogen-bond donors (Lipinski definition) is 1. The fourth-order valence-corrected chi connectivity index (χ4v) is 2.65. The maximum atomic E-state index is 6.04. The van der Waals surface area contributed by atoms with Crippen LogP contribution in [-0.4, -0.2) is 44.7 Å². The van der Waals surface area contributed by atoms with Crippen LogP contribution in [0.25, 0.3) is 0 Å². The Morgan fingerprint density at radius 1 is 1.50 bits per heavy atom. The van der Waals surface area contributed by atoms with E-state index < -0.39 is 0 Å². The summed E-state index contributed by atoms with van der Waals surface area (Å²) in [6.45, 7) is 3.33. The predicted molar refractivity (Wildman–Crippen MR) is 75.6 cm³/mol. The Balaban J connectivity index is 1.94. The molecule has 1 aromatic rings. The molecule has 0 saturated carbocycles. The second-order valence-electron chi connectivity index (χ2n) is 4.91. The number of rotatable bonds is 4. The second kappa shape index (κ2) is 6.41. The quantitative estimate of drug-likeness (QED) is 0.906. The standard InChI is InChI=1S/C14H21ClN2O/c1-17-8-7-16-13(10-17)5-3-11-9-12(15)4-6-14(11)18-2/h4,6,9,13,16H,3,5,7-8,10H2,1-2H3. The van der Waals surface area contributed by atoms with Gasteiger partial charge in [0.25, 0.3) is 0 Å². The van der Waals surface area contributed by atoms with E-state index in [2.05, 4.69) is 17.3 Å². The van der Waals surface area contributed by atoms with E-state index in [1.807, 2.05) is 18.2 Å². The van der Waals surface area contributed by atoms with Gasteiger partial charge >= 0.3 is 0 Å². The SMILES string of the molecule is COc1ccc(Cl)cc1CCC1CN(C)CCN1. The van der Waals surface area contributed by atoms with Gasteiger partial charge in [-0.3, -0.25) is 0 Å². The predicted octanol–water partition coefficient (Wildman–Crippen LogP) is 2.18. The van der Waals surface area contributed by atoms with Crippen LogP contribution in [0, 0.1) is 0 Å². The minimum atomic E-state index is 0.562. The summed E-state index contributed by atoms with van der Waals surface area (Å²) in [4.78, 5) is 2.37. The van der Waals surface area contributed by atoms with Crippen LogP contribution in [0.5, 0.6) is 5.75 Å². The van der Waals surface area contributed by atoms with Crippen molar-refractivity contribution in [1.29, 1.82) is 0 Å². The molecule has 1 fully saturated rings. The number of benzene rings is 1. The molecular formula is C14H21ClN2O. The van der Waals surface area contributed by atoms with E-state index in [-0.39, 0.29) is 0 Å². The molecule has 1 aliphatic rings. The normalized spacial score (nSPS) is 20.9. The topological polar surface area (TPSA) is 24.5 Å². The molecule has 1 aliphatic heterocycles. The summed E-state index contributed by atoms with van der Waals surface area (Å²) < 4.78 is 5.37. The van der Waals surface area contributed by atoms with Crippen molar-refractivity contribution < 1.29 is 4.74 Å². The largest absolute Gasteiger partial charge is 0.496 e. The van der Waals surface area contributed by atoms with Crippen molar-refractivity contribution in [2.75, 3.05) is 33.8 Å². The number of ether oxygens (including phenoxy) is 1. The number of aryl methyl sites for hydroxylation is 1. The number of likely N-dealkylation sites (N-methyl/N-ethyl adjacent to an activating group) is 1. The number of hydrogen-bond acceptors (Lipinski definition) is 3. The highest BCUT2D eigenvalue weighted by atomic mass is 35.5. The van der Waals surface area contributed by atoms with E-state index in [1.54, 1.807) is 7.11 Å². The van der Waals surface area contributed by atoms with E-state index in [4.69, 9.17) is 16.3 Å². The minimum Gasteiger partial charge on any atom is -0.496 e. The molecule has 1 N–H and O–H groups in total. The molecule has 18 heavy (non-hydrogen) atoms. The number of nitrogens with one attached hydrogen (secondary N) is 1. The van der Waals surface area contributed by atoms with Crippen molar-refractivity contribution in [3.8, 4) is 5.75 Å². The third kappa shape index (κ3) is 3.61. The fraction of sp³-hybridized carbons (Fsp3) is 0.571. The van der Waals surface area contributed by atoms with Crippen LogP contribution in [0.15, 0.2) is 18.2 Å². The number of halogens is 1. The Kier molecular flexibility index (Phi) is 4.87. The molecule has 1 atom stereocenters. The highest BCUT2D eigenvalue weighted by Gasteiger charge is 2.16. The zero-order valence-electron chi connectivity index (χ0n) is 11.1. The van der Waals surface area contributed by atoms with Crippen LogP contribution in [-0.2, 0) is 6.42 Å². The summed E-state index contributed by atoms with van der Waals surface area (Å²) in [6.07, 6.45) is 2.11. The maximum Gasteiger partial charge on any atom is 0.122 e. The average molecular weight is 269 g/mol. The van der Waals surface area contributed by atoms with Crippen LogP contribution >= 0.6 is 11.6 Å². The van der Waals surface area contributed by atoms with Gasteiger partial charge in [-0.1, -0.05) is 11.6 Å². The van der Waals surface area contributed by atoms with Gasteiger partial charge in [-0.2, -0.15) is 0 Å². The van der Waals surface area contributed by atoms with E-state index in [1.165, 1.54) is 5.56 Å². The molecule has 1 aromatic carbocycles. The molecule has 0 bridgehead atoms. The summed E-state index contributed by atoms with van der Waals surface area (Å²) in [7, 11) is 3.88. The third-order valence-electron chi connectivity index (χ3n) is 3.46. The van der Waals surface area contributed by atoms with Crippen molar-refractivity contribution in [2.45, 2.75) is 18.9 Å². The van der Waals surface area contributed by atoms with Gasteiger partial charge in [-0.25, -0.2) is 0 Å². The van der Waals surface area contributed by atoms with E-state index in [0.717, 1.165) is 43.2 Å². The molecule has 1 heterocycles. The van der Waals surface area contributed by atoms with Crippen LogP contribution < -0.4 is 10.1 Å². The number of piperazine rings is 1. The van der Waals surface area contributed by atoms with Gasteiger partial charge in [0.1, 0.15) is 5.75 Å². The molecule has 1 saturated heterocycles. The molecule has 4 heteroatoms. The number of methoxy groups -OCH3 is 1. The molecule has 0 aromatic heterocycles. The second-order valence-corrected chi connectivity index (χ2v) is 5.34. The van der Waals surface area contributed by atoms with Crippen molar-refractivity contribution in [3.05, 3.63) is 28.8 Å². The molecule has 100 valence electrons. The Hall–Kier alpha value is -0.770. The van der Waals surface area contributed by atoms with Gasteiger partial charge in [-0.05, 0) is 43.7 Å². The Morgan fingerprint density at radius 3 is 3.06 bits per heavy atom. The minimum absolute atomic E-state index is 0.562. The summed E-state index contributed by atoms with van der Waals surface area (Å²) in [5, 5.41) is 4.33. The first-order valence-corrected chi connectivity index (χ1v) is 6.81. The van der Waals surface area contributed by atoms with Gasteiger partial charge in [0, 0.05) is 30.7 Å². The van der Waals surface area contributed by atoms with Crippen molar-refractivity contribution in [2.24, 2.45) is 0 Å². The van der Waals surface area contributed by atoms with Crippen molar-refractivity contribution >= 4 is 11.6 Å².